The third-order valence-electron chi connectivity index (χ3n) is 5.92. The minimum absolute atomic E-state index is 0.252. The number of halogens is 2. The zero-order valence-corrected chi connectivity index (χ0v) is 22.1. The lowest BCUT2D eigenvalue weighted by Crippen LogP contribution is -2.19. The van der Waals surface area contributed by atoms with E-state index >= 15 is 0 Å². The van der Waals surface area contributed by atoms with Crippen molar-refractivity contribution < 1.29 is 14.3 Å². The Balaban J connectivity index is 1.84. The molecule has 4 rings (SSSR count). The van der Waals surface area contributed by atoms with Gasteiger partial charge in [0.1, 0.15) is 17.3 Å². The van der Waals surface area contributed by atoms with Gasteiger partial charge in [-0.25, -0.2) is 4.98 Å². The smallest absolute Gasteiger partial charge is 0.258 e. The van der Waals surface area contributed by atoms with Crippen LogP contribution < -0.4 is 25.7 Å². The topological polar surface area (TPSA) is 94.5 Å². The van der Waals surface area contributed by atoms with Gasteiger partial charge in [0.25, 0.3) is 5.56 Å². The Hall–Kier alpha value is -4.01. The highest BCUT2D eigenvalue weighted by Crippen LogP contribution is 2.46. The van der Waals surface area contributed by atoms with Crippen molar-refractivity contribution in [2.24, 2.45) is 7.05 Å². The van der Waals surface area contributed by atoms with Crippen molar-refractivity contribution in [1.82, 2.24) is 9.55 Å². The van der Waals surface area contributed by atoms with Crippen molar-refractivity contribution in [1.29, 1.82) is 0 Å². The van der Waals surface area contributed by atoms with E-state index < -0.39 is 0 Å². The number of benzene rings is 2. The minimum atomic E-state index is -0.340. The van der Waals surface area contributed by atoms with Crippen LogP contribution in [0.4, 0.5) is 17.2 Å². The fourth-order valence-electron chi connectivity index (χ4n) is 3.97. The van der Waals surface area contributed by atoms with Crippen LogP contribution in [0, 0.1) is 6.92 Å². The molecular weight excluding hydrogens is 515 g/mol. The molecule has 2 N–H and O–H groups in total. The molecule has 0 atom stereocenters. The predicted molar refractivity (Wildman–Crippen MR) is 149 cm³/mol. The summed E-state index contributed by atoms with van der Waals surface area (Å²) in [6, 6.07) is 10.5. The van der Waals surface area contributed by atoms with E-state index in [2.05, 4.69) is 22.2 Å². The normalized spacial score (nSPS) is 10.8. The molecule has 0 fully saturated rings. The van der Waals surface area contributed by atoms with Crippen molar-refractivity contribution >= 4 is 57.1 Å². The zero-order valence-electron chi connectivity index (χ0n) is 20.6. The molecule has 2 aromatic heterocycles. The molecule has 1 amide bonds. The number of rotatable bonds is 7. The number of anilines is 3. The standard InChI is InChI=1S/C27H24Cl2N4O4/c1-6-22(34)31-17-9-7-8-14(2)26(17)32-21-11-16-15(13-30-21)10-18(33(3)27(16)35)23-24(28)19(36-4)12-20(37-5)25(23)29/h6-13H,1H2,2-5H3,(H,30,32)(H,31,34). The van der Waals surface area contributed by atoms with Crippen LogP contribution in [-0.2, 0) is 11.8 Å². The SMILES string of the molecule is C=CC(=O)Nc1cccc(C)c1Nc1cc2c(=O)n(C)c(-c3c(Cl)c(OC)cc(OC)c3Cl)cc2cn1. The van der Waals surface area contributed by atoms with E-state index in [-0.39, 0.29) is 21.5 Å². The maximum atomic E-state index is 13.5. The van der Waals surface area contributed by atoms with Crippen LogP contribution in [0.25, 0.3) is 22.0 Å². The Morgan fingerprint density at radius 1 is 1.11 bits per heavy atom. The van der Waals surface area contributed by atoms with Crippen LogP contribution >= 0.6 is 23.2 Å². The second kappa shape index (κ2) is 10.5. The van der Waals surface area contributed by atoms with Gasteiger partial charge in [-0.1, -0.05) is 41.9 Å². The number of para-hydroxylation sites is 1. The fraction of sp³-hybridized carbons (Fsp3) is 0.148. The maximum Gasteiger partial charge on any atom is 0.258 e. The summed E-state index contributed by atoms with van der Waals surface area (Å²) in [4.78, 5) is 29.8. The Morgan fingerprint density at radius 3 is 2.41 bits per heavy atom. The molecule has 2 aromatic carbocycles. The van der Waals surface area contributed by atoms with Crippen molar-refractivity contribution in [3.63, 3.8) is 0 Å². The number of pyridine rings is 2. The van der Waals surface area contributed by atoms with E-state index in [0.29, 0.717) is 50.7 Å². The molecular formula is C27H24Cl2N4O4. The number of methoxy groups -OCH3 is 2. The van der Waals surface area contributed by atoms with Crippen molar-refractivity contribution in [3.05, 3.63) is 81.2 Å². The molecule has 0 aliphatic carbocycles. The van der Waals surface area contributed by atoms with E-state index in [0.717, 1.165) is 5.56 Å². The number of aromatic nitrogens is 2. The Morgan fingerprint density at radius 2 is 1.78 bits per heavy atom. The van der Waals surface area contributed by atoms with Gasteiger partial charge in [-0.15, -0.1) is 0 Å². The highest BCUT2D eigenvalue weighted by Gasteiger charge is 2.22. The number of aryl methyl sites for hydroxylation is 1. The molecule has 8 nitrogen and oxygen atoms in total. The molecule has 2 heterocycles. The Kier molecular flexibility index (Phi) is 7.42. The molecule has 0 aliphatic rings. The number of ether oxygens (including phenoxy) is 2. The maximum absolute atomic E-state index is 13.5. The van der Waals surface area contributed by atoms with Gasteiger partial charge in [-0.3, -0.25) is 9.59 Å². The summed E-state index contributed by atoms with van der Waals surface area (Å²) in [5.74, 6) is 0.814. The van der Waals surface area contributed by atoms with Crippen molar-refractivity contribution in [3.8, 4) is 22.8 Å². The molecule has 0 aliphatic heterocycles. The van der Waals surface area contributed by atoms with Crippen LogP contribution in [0.15, 0.2) is 60.0 Å². The van der Waals surface area contributed by atoms with Gasteiger partial charge in [0.05, 0.1) is 46.7 Å². The number of carbonyl (C=O) groups excluding carboxylic acids is 1. The summed E-state index contributed by atoms with van der Waals surface area (Å²) >= 11 is 13.2. The molecule has 0 saturated carbocycles. The molecule has 37 heavy (non-hydrogen) atoms. The Labute approximate surface area is 223 Å². The highest BCUT2D eigenvalue weighted by atomic mass is 35.5. The first kappa shape index (κ1) is 26.1. The summed E-state index contributed by atoms with van der Waals surface area (Å²) in [7, 11) is 4.60. The van der Waals surface area contributed by atoms with Crippen LogP contribution in [0.5, 0.6) is 11.5 Å². The number of hydrogen-bond donors (Lipinski definition) is 2. The van der Waals surface area contributed by atoms with Crippen LogP contribution in [-0.4, -0.2) is 29.7 Å². The van der Waals surface area contributed by atoms with Crippen molar-refractivity contribution in [2.45, 2.75) is 6.92 Å². The number of carbonyl (C=O) groups is 1. The first-order chi connectivity index (χ1) is 17.7. The van der Waals surface area contributed by atoms with E-state index in [9.17, 15) is 9.59 Å². The molecule has 0 radical (unpaired) electrons. The van der Waals surface area contributed by atoms with E-state index in [1.165, 1.54) is 24.9 Å². The molecule has 0 unspecified atom stereocenters. The van der Waals surface area contributed by atoms with E-state index in [1.807, 2.05) is 19.1 Å². The summed E-state index contributed by atoms with van der Waals surface area (Å²) in [5, 5.41) is 7.51. The number of nitrogens with zero attached hydrogens (tertiary/aromatic N) is 2. The Bertz CT molecular complexity index is 1590. The van der Waals surface area contributed by atoms with Gasteiger partial charge in [-0.2, -0.15) is 0 Å². The average Bonchev–Trinajstić information content (AvgIpc) is 2.89. The molecule has 4 aromatic rings. The monoisotopic (exact) mass is 538 g/mol. The van der Waals surface area contributed by atoms with Gasteiger partial charge < -0.3 is 24.7 Å². The summed E-state index contributed by atoms with van der Waals surface area (Å²) in [5.41, 5.74) is 2.69. The molecule has 0 spiro atoms. The highest BCUT2D eigenvalue weighted by molar-refractivity contribution is 6.41. The van der Waals surface area contributed by atoms with Crippen molar-refractivity contribution in [2.75, 3.05) is 24.9 Å². The summed E-state index contributed by atoms with van der Waals surface area (Å²) in [6.07, 6.45) is 2.78. The lowest BCUT2D eigenvalue weighted by atomic mass is 10.1. The van der Waals surface area contributed by atoms with Gasteiger partial charge in [-0.05, 0) is 36.8 Å². The van der Waals surface area contributed by atoms with E-state index in [4.69, 9.17) is 32.7 Å². The average molecular weight is 539 g/mol. The predicted octanol–water partition coefficient (Wildman–Crippen LogP) is 6.10. The molecule has 190 valence electrons. The first-order valence-electron chi connectivity index (χ1n) is 11.1. The van der Waals surface area contributed by atoms with Gasteiger partial charge >= 0.3 is 0 Å². The third-order valence-corrected chi connectivity index (χ3v) is 6.67. The summed E-state index contributed by atoms with van der Waals surface area (Å²) in [6.45, 7) is 5.39. The second-order valence-corrected chi connectivity index (χ2v) is 8.91. The summed E-state index contributed by atoms with van der Waals surface area (Å²) < 4.78 is 12.2. The zero-order chi connectivity index (χ0) is 26.9. The number of amides is 1. The lowest BCUT2D eigenvalue weighted by Gasteiger charge is -2.18. The first-order valence-corrected chi connectivity index (χ1v) is 11.9. The fourth-order valence-corrected chi connectivity index (χ4v) is 4.66. The number of nitrogens with one attached hydrogen (secondary N) is 2. The van der Waals surface area contributed by atoms with Gasteiger partial charge in [0, 0.05) is 30.3 Å². The molecule has 0 bridgehead atoms. The van der Waals surface area contributed by atoms with Gasteiger partial charge in [0.15, 0.2) is 0 Å². The largest absolute Gasteiger partial charge is 0.495 e. The lowest BCUT2D eigenvalue weighted by molar-refractivity contribution is -0.111. The van der Waals surface area contributed by atoms with Crippen LogP contribution in [0.1, 0.15) is 5.56 Å². The number of hydrogen-bond acceptors (Lipinski definition) is 6. The number of fused-ring (bicyclic) bond motifs is 1. The van der Waals surface area contributed by atoms with E-state index in [1.54, 1.807) is 37.5 Å². The van der Waals surface area contributed by atoms with Crippen LogP contribution in [0.2, 0.25) is 10.0 Å². The molecule has 0 saturated heterocycles. The second-order valence-electron chi connectivity index (χ2n) is 8.15. The van der Waals surface area contributed by atoms with Crippen LogP contribution in [0.3, 0.4) is 0 Å². The minimum Gasteiger partial charge on any atom is -0.495 e. The molecule has 10 heteroatoms. The third kappa shape index (κ3) is 4.85. The quantitative estimate of drug-likeness (QED) is 0.276. The van der Waals surface area contributed by atoms with Gasteiger partial charge in [0.2, 0.25) is 5.91 Å².